The summed E-state index contributed by atoms with van der Waals surface area (Å²) in [6.07, 6.45) is 0. The van der Waals surface area contributed by atoms with Crippen LogP contribution in [0.25, 0.3) is 0 Å². The molecule has 1 rings (SSSR count). The Morgan fingerprint density at radius 1 is 1.25 bits per heavy atom. The van der Waals surface area contributed by atoms with Crippen LogP contribution in [-0.4, -0.2) is 18.3 Å². The number of anilines is 3. The van der Waals surface area contributed by atoms with Gasteiger partial charge in [-0.2, -0.15) is 0 Å². The SMILES string of the molecule is Nc1cccc(N)c1NCCO. The lowest BCUT2D eigenvalue weighted by Crippen LogP contribution is -2.09. The van der Waals surface area contributed by atoms with Gasteiger partial charge in [0.05, 0.1) is 23.7 Å². The Bertz CT molecular complexity index is 242. The van der Waals surface area contributed by atoms with Crippen LogP contribution in [0.3, 0.4) is 0 Å². The van der Waals surface area contributed by atoms with Crippen molar-refractivity contribution >= 4 is 17.1 Å². The molecule has 0 aliphatic carbocycles. The molecule has 0 amide bonds. The Morgan fingerprint density at radius 2 is 1.83 bits per heavy atom. The summed E-state index contributed by atoms with van der Waals surface area (Å²) in [7, 11) is 0. The van der Waals surface area contributed by atoms with Gasteiger partial charge in [0.15, 0.2) is 0 Å². The standard InChI is InChI=1S/C8H13N3O/c9-6-2-1-3-7(10)8(6)11-4-5-12/h1-3,11-12H,4-5,9-10H2. The lowest BCUT2D eigenvalue weighted by Gasteiger charge is -2.09. The fraction of sp³-hybridized carbons (Fsp3) is 0.250. The van der Waals surface area contributed by atoms with Crippen LogP contribution in [0.5, 0.6) is 0 Å². The van der Waals surface area contributed by atoms with Gasteiger partial charge in [-0.3, -0.25) is 0 Å². The van der Waals surface area contributed by atoms with Gasteiger partial charge >= 0.3 is 0 Å². The third-order valence-corrected chi connectivity index (χ3v) is 1.54. The number of aliphatic hydroxyl groups is 1. The Morgan fingerprint density at radius 3 is 2.33 bits per heavy atom. The summed E-state index contributed by atoms with van der Waals surface area (Å²) in [5.74, 6) is 0. The normalized spacial score (nSPS) is 9.75. The van der Waals surface area contributed by atoms with Crippen LogP contribution in [0.1, 0.15) is 0 Å². The van der Waals surface area contributed by atoms with Crippen molar-refractivity contribution in [2.24, 2.45) is 0 Å². The zero-order chi connectivity index (χ0) is 8.97. The number of hydrogen-bond donors (Lipinski definition) is 4. The molecule has 0 aliphatic rings. The molecule has 0 spiro atoms. The lowest BCUT2D eigenvalue weighted by molar-refractivity contribution is 0.311. The van der Waals surface area contributed by atoms with Gasteiger partial charge in [0.1, 0.15) is 0 Å². The molecule has 66 valence electrons. The van der Waals surface area contributed by atoms with Crippen LogP contribution >= 0.6 is 0 Å². The topological polar surface area (TPSA) is 84.3 Å². The van der Waals surface area contributed by atoms with E-state index in [1.165, 1.54) is 0 Å². The molecule has 0 heterocycles. The number of nitrogen functional groups attached to an aromatic ring is 2. The quantitative estimate of drug-likeness (QED) is 0.486. The summed E-state index contributed by atoms with van der Waals surface area (Å²) >= 11 is 0. The maximum atomic E-state index is 8.57. The molecule has 0 fully saturated rings. The second-order valence-electron chi connectivity index (χ2n) is 2.46. The highest BCUT2D eigenvalue weighted by Crippen LogP contribution is 2.24. The number of nitrogens with two attached hydrogens (primary N) is 2. The molecule has 1 aromatic rings. The summed E-state index contributed by atoms with van der Waals surface area (Å²) in [5, 5.41) is 11.5. The third kappa shape index (κ3) is 1.79. The summed E-state index contributed by atoms with van der Waals surface area (Å²) in [4.78, 5) is 0. The largest absolute Gasteiger partial charge is 0.397 e. The van der Waals surface area contributed by atoms with Gasteiger partial charge in [0, 0.05) is 6.54 Å². The summed E-state index contributed by atoms with van der Waals surface area (Å²) < 4.78 is 0. The maximum Gasteiger partial charge on any atom is 0.0808 e. The molecule has 4 heteroatoms. The minimum Gasteiger partial charge on any atom is -0.397 e. The van der Waals surface area contributed by atoms with Crippen LogP contribution in [0.2, 0.25) is 0 Å². The first kappa shape index (κ1) is 8.67. The summed E-state index contributed by atoms with van der Waals surface area (Å²) in [6, 6.07) is 5.31. The zero-order valence-electron chi connectivity index (χ0n) is 6.75. The number of rotatable bonds is 3. The van der Waals surface area contributed by atoms with Gasteiger partial charge in [-0.1, -0.05) is 6.07 Å². The number of nitrogens with one attached hydrogen (secondary N) is 1. The second-order valence-corrected chi connectivity index (χ2v) is 2.46. The van der Waals surface area contributed by atoms with Crippen molar-refractivity contribution in [1.29, 1.82) is 0 Å². The smallest absolute Gasteiger partial charge is 0.0808 e. The fourth-order valence-corrected chi connectivity index (χ4v) is 0.974. The molecule has 0 saturated carbocycles. The highest BCUT2D eigenvalue weighted by molar-refractivity contribution is 5.79. The number of hydrogen-bond acceptors (Lipinski definition) is 4. The van der Waals surface area contributed by atoms with Crippen molar-refractivity contribution in [3.8, 4) is 0 Å². The first-order chi connectivity index (χ1) is 5.75. The highest BCUT2D eigenvalue weighted by Gasteiger charge is 2.00. The summed E-state index contributed by atoms with van der Waals surface area (Å²) in [5.41, 5.74) is 13.2. The second kappa shape index (κ2) is 3.82. The molecule has 0 radical (unpaired) electrons. The van der Waals surface area contributed by atoms with Gasteiger partial charge in [0.2, 0.25) is 0 Å². The number of para-hydroxylation sites is 1. The van der Waals surface area contributed by atoms with Crippen LogP contribution < -0.4 is 16.8 Å². The Labute approximate surface area is 71.2 Å². The molecule has 0 saturated heterocycles. The van der Waals surface area contributed by atoms with Crippen LogP contribution in [-0.2, 0) is 0 Å². The first-order valence-corrected chi connectivity index (χ1v) is 3.74. The monoisotopic (exact) mass is 167 g/mol. The van der Waals surface area contributed by atoms with Crippen LogP contribution in [0, 0.1) is 0 Å². The van der Waals surface area contributed by atoms with E-state index in [9.17, 15) is 0 Å². The van der Waals surface area contributed by atoms with Gasteiger partial charge in [-0.25, -0.2) is 0 Å². The molecule has 12 heavy (non-hydrogen) atoms. The minimum atomic E-state index is 0.0633. The highest BCUT2D eigenvalue weighted by atomic mass is 16.3. The molecule has 0 unspecified atom stereocenters. The van der Waals surface area contributed by atoms with E-state index in [1.54, 1.807) is 18.2 Å². The van der Waals surface area contributed by atoms with Gasteiger partial charge in [0.25, 0.3) is 0 Å². The van der Waals surface area contributed by atoms with Crippen molar-refractivity contribution in [2.75, 3.05) is 29.9 Å². The van der Waals surface area contributed by atoms with E-state index in [0.29, 0.717) is 23.6 Å². The molecular weight excluding hydrogens is 154 g/mol. The lowest BCUT2D eigenvalue weighted by atomic mass is 10.2. The van der Waals surface area contributed by atoms with Crippen LogP contribution in [0.15, 0.2) is 18.2 Å². The molecule has 0 atom stereocenters. The van der Waals surface area contributed by atoms with E-state index in [1.807, 2.05) is 0 Å². The zero-order valence-corrected chi connectivity index (χ0v) is 6.75. The molecule has 4 nitrogen and oxygen atoms in total. The first-order valence-electron chi connectivity index (χ1n) is 3.74. The van der Waals surface area contributed by atoms with Crippen molar-refractivity contribution in [2.45, 2.75) is 0 Å². The maximum absolute atomic E-state index is 8.57. The van der Waals surface area contributed by atoms with Gasteiger partial charge in [-0.05, 0) is 12.1 Å². The molecule has 6 N–H and O–H groups in total. The van der Waals surface area contributed by atoms with E-state index >= 15 is 0 Å². The van der Waals surface area contributed by atoms with E-state index in [4.69, 9.17) is 16.6 Å². The van der Waals surface area contributed by atoms with E-state index < -0.39 is 0 Å². The molecule has 1 aromatic carbocycles. The molecule has 0 bridgehead atoms. The van der Waals surface area contributed by atoms with Crippen molar-refractivity contribution in [3.63, 3.8) is 0 Å². The molecule has 0 aliphatic heterocycles. The van der Waals surface area contributed by atoms with Gasteiger partial charge in [-0.15, -0.1) is 0 Å². The Hall–Kier alpha value is -1.42. The molecule has 0 aromatic heterocycles. The van der Waals surface area contributed by atoms with Crippen LogP contribution in [0.4, 0.5) is 17.1 Å². The Balaban J connectivity index is 2.81. The predicted molar refractivity (Wildman–Crippen MR) is 50.8 cm³/mol. The fourth-order valence-electron chi connectivity index (χ4n) is 0.974. The number of aliphatic hydroxyl groups excluding tert-OH is 1. The van der Waals surface area contributed by atoms with E-state index in [-0.39, 0.29) is 6.61 Å². The van der Waals surface area contributed by atoms with E-state index in [2.05, 4.69) is 5.32 Å². The van der Waals surface area contributed by atoms with E-state index in [0.717, 1.165) is 0 Å². The molecular formula is C8H13N3O. The van der Waals surface area contributed by atoms with Crippen molar-refractivity contribution in [3.05, 3.63) is 18.2 Å². The van der Waals surface area contributed by atoms with Crippen molar-refractivity contribution in [1.82, 2.24) is 0 Å². The van der Waals surface area contributed by atoms with Gasteiger partial charge < -0.3 is 21.9 Å². The minimum absolute atomic E-state index is 0.0633. The summed E-state index contributed by atoms with van der Waals surface area (Å²) in [6.45, 7) is 0.520. The average Bonchev–Trinajstić information content (AvgIpc) is 2.04. The third-order valence-electron chi connectivity index (χ3n) is 1.54. The number of benzene rings is 1. The average molecular weight is 167 g/mol. The van der Waals surface area contributed by atoms with Crippen molar-refractivity contribution < 1.29 is 5.11 Å². The Kier molecular flexibility index (Phi) is 2.76. The predicted octanol–water partition coefficient (Wildman–Crippen LogP) is 0.255.